The summed E-state index contributed by atoms with van der Waals surface area (Å²) in [4.78, 5) is 21.3. The summed E-state index contributed by atoms with van der Waals surface area (Å²) in [6.07, 6.45) is 0.773. The normalized spacial score (nSPS) is 12.5. The molecule has 0 aromatic rings. The Morgan fingerprint density at radius 1 is 1.41 bits per heavy atom. The molecule has 98 valence electrons. The molecule has 0 spiro atoms. The molecule has 0 saturated carbocycles. The van der Waals surface area contributed by atoms with Crippen LogP contribution in [0.25, 0.3) is 0 Å². The van der Waals surface area contributed by atoms with Crippen LogP contribution in [-0.4, -0.2) is 44.3 Å². The molecule has 0 aliphatic rings. The van der Waals surface area contributed by atoms with Gasteiger partial charge in [-0.05, 0) is 12.5 Å². The molecule has 1 unspecified atom stereocenters. The fourth-order valence-electron chi connectivity index (χ4n) is 1.03. The van der Waals surface area contributed by atoms with Crippen molar-refractivity contribution in [3.05, 3.63) is 12.7 Å². The second kappa shape index (κ2) is 8.08. The minimum absolute atomic E-state index is 0.0210. The van der Waals surface area contributed by atoms with Crippen LogP contribution in [-0.2, 0) is 19.4 Å². The van der Waals surface area contributed by atoms with E-state index in [9.17, 15) is 18.0 Å². The first-order valence-electron chi connectivity index (χ1n) is 4.84. The zero-order valence-electron chi connectivity index (χ0n) is 9.19. The lowest BCUT2D eigenvalue weighted by Crippen LogP contribution is -2.45. The Hall–Kier alpha value is -1.08. The second-order valence-corrected chi connectivity index (χ2v) is 5.86. The van der Waals surface area contributed by atoms with Gasteiger partial charge in [0.05, 0.1) is 11.5 Å². The fourth-order valence-corrected chi connectivity index (χ4v) is 2.77. The molecule has 8 heteroatoms. The highest BCUT2D eigenvalue weighted by molar-refractivity contribution is 7.91. The van der Waals surface area contributed by atoms with Crippen LogP contribution in [0.15, 0.2) is 12.7 Å². The third-order valence-electron chi connectivity index (χ3n) is 1.88. The first-order chi connectivity index (χ1) is 7.95. The fraction of sp³-hybridized carbons (Fsp3) is 0.556. The number of rotatable bonds is 9. The maximum Gasteiger partial charge on any atom is 0.244 e. The Kier molecular flexibility index (Phi) is 7.56. The molecule has 0 aliphatic heterocycles. The summed E-state index contributed by atoms with van der Waals surface area (Å²) in [5, 5.41) is 4.69. The zero-order valence-corrected chi connectivity index (χ0v) is 10.8. The lowest BCUT2D eigenvalue weighted by molar-refractivity contribution is -0.117. The van der Waals surface area contributed by atoms with Gasteiger partial charge in [0.15, 0.2) is 9.84 Å². The molecular formula is C9H15ClN2O4S. The molecule has 0 heterocycles. The van der Waals surface area contributed by atoms with Gasteiger partial charge < -0.3 is 10.6 Å². The molecule has 6 nitrogen and oxygen atoms in total. The predicted molar refractivity (Wildman–Crippen MR) is 65.3 cm³/mol. The predicted octanol–water partition coefficient (Wildman–Crippen LogP) is -0.596. The van der Waals surface area contributed by atoms with Crippen molar-refractivity contribution >= 4 is 33.8 Å². The number of carbonyl (C=O) groups excluding carboxylic acids is 2. The van der Waals surface area contributed by atoms with Gasteiger partial charge >= 0.3 is 0 Å². The van der Waals surface area contributed by atoms with Gasteiger partial charge in [-0.25, -0.2) is 8.42 Å². The smallest absolute Gasteiger partial charge is 0.244 e. The van der Waals surface area contributed by atoms with E-state index >= 15 is 0 Å². The van der Waals surface area contributed by atoms with E-state index in [4.69, 9.17) is 11.6 Å². The molecule has 0 radical (unpaired) electrons. The molecule has 0 bridgehead atoms. The van der Waals surface area contributed by atoms with Crippen molar-refractivity contribution in [1.29, 1.82) is 0 Å². The van der Waals surface area contributed by atoms with E-state index in [1.54, 1.807) is 0 Å². The molecule has 0 saturated heterocycles. The van der Waals surface area contributed by atoms with Crippen molar-refractivity contribution in [2.75, 3.05) is 17.4 Å². The molecule has 0 rings (SSSR count). The van der Waals surface area contributed by atoms with Crippen molar-refractivity contribution in [3.63, 3.8) is 0 Å². The van der Waals surface area contributed by atoms with Crippen LogP contribution < -0.4 is 10.6 Å². The van der Waals surface area contributed by atoms with E-state index in [1.165, 1.54) is 0 Å². The molecule has 0 aliphatic carbocycles. The van der Waals surface area contributed by atoms with E-state index in [0.717, 1.165) is 6.08 Å². The van der Waals surface area contributed by atoms with Crippen molar-refractivity contribution in [1.82, 2.24) is 10.6 Å². The summed E-state index contributed by atoms with van der Waals surface area (Å²) in [7, 11) is -3.25. The minimum Gasteiger partial charge on any atom is -0.339 e. The van der Waals surface area contributed by atoms with Crippen LogP contribution in [0.3, 0.4) is 0 Å². The number of carbonyl (C=O) groups is 2. The molecule has 17 heavy (non-hydrogen) atoms. The number of nitrogens with one attached hydrogen (secondary N) is 2. The van der Waals surface area contributed by atoms with Gasteiger partial charge in [-0.2, -0.15) is 0 Å². The van der Waals surface area contributed by atoms with Gasteiger partial charge in [0.1, 0.15) is 6.17 Å². The van der Waals surface area contributed by atoms with Crippen LogP contribution in [0.1, 0.15) is 6.42 Å². The summed E-state index contributed by atoms with van der Waals surface area (Å²) in [5.74, 6) is -0.757. The number of hydrogen-bond acceptors (Lipinski definition) is 4. The topological polar surface area (TPSA) is 92.3 Å². The quantitative estimate of drug-likeness (QED) is 0.256. The SMILES string of the molecule is C=CC(=O)NC(CCS(=O)(=O)CCCl)NC=O. The van der Waals surface area contributed by atoms with Crippen LogP contribution >= 0.6 is 11.6 Å². The van der Waals surface area contributed by atoms with E-state index in [-0.39, 0.29) is 23.8 Å². The highest BCUT2D eigenvalue weighted by atomic mass is 35.5. The van der Waals surface area contributed by atoms with Crippen molar-refractivity contribution in [2.45, 2.75) is 12.6 Å². The third kappa shape index (κ3) is 7.76. The Labute approximate surface area is 105 Å². The highest BCUT2D eigenvalue weighted by Gasteiger charge is 2.15. The highest BCUT2D eigenvalue weighted by Crippen LogP contribution is 1.98. The van der Waals surface area contributed by atoms with Gasteiger partial charge in [-0.15, -0.1) is 11.6 Å². The Balaban J connectivity index is 4.30. The van der Waals surface area contributed by atoms with Crippen LogP contribution in [0, 0.1) is 0 Å². The summed E-state index contributed by atoms with van der Waals surface area (Å²) < 4.78 is 22.7. The largest absolute Gasteiger partial charge is 0.339 e. The maximum absolute atomic E-state index is 11.4. The molecule has 0 aromatic carbocycles. The molecule has 2 amide bonds. The average molecular weight is 283 g/mol. The number of alkyl halides is 1. The Morgan fingerprint density at radius 2 is 2.06 bits per heavy atom. The molecule has 0 aromatic heterocycles. The van der Waals surface area contributed by atoms with Gasteiger partial charge in [-0.1, -0.05) is 6.58 Å². The van der Waals surface area contributed by atoms with Gasteiger partial charge in [0.25, 0.3) is 0 Å². The molecular weight excluding hydrogens is 268 g/mol. The standard InChI is InChI=1S/C9H15ClN2O4S/c1-2-9(14)12-8(11-7-13)3-5-17(15,16)6-4-10/h2,7-8H,1,3-6H2,(H,11,13)(H,12,14). The van der Waals surface area contributed by atoms with Crippen molar-refractivity contribution in [3.8, 4) is 0 Å². The Bertz CT molecular complexity index is 369. The lowest BCUT2D eigenvalue weighted by atomic mass is 10.3. The number of amides is 2. The van der Waals surface area contributed by atoms with E-state index < -0.39 is 21.9 Å². The van der Waals surface area contributed by atoms with Crippen molar-refractivity contribution in [2.24, 2.45) is 0 Å². The number of sulfone groups is 1. The van der Waals surface area contributed by atoms with Crippen LogP contribution in [0.5, 0.6) is 0 Å². The summed E-state index contributed by atoms with van der Waals surface area (Å²) in [6.45, 7) is 3.25. The zero-order chi connectivity index (χ0) is 13.3. The Morgan fingerprint density at radius 3 is 2.53 bits per heavy atom. The molecule has 0 fully saturated rings. The van der Waals surface area contributed by atoms with Gasteiger partial charge in [-0.3, -0.25) is 9.59 Å². The van der Waals surface area contributed by atoms with Crippen molar-refractivity contribution < 1.29 is 18.0 Å². The first kappa shape index (κ1) is 15.9. The van der Waals surface area contributed by atoms with Crippen LogP contribution in [0.2, 0.25) is 0 Å². The summed E-state index contributed by atoms with van der Waals surface area (Å²) >= 11 is 5.34. The minimum atomic E-state index is -3.25. The summed E-state index contributed by atoms with van der Waals surface area (Å²) in [5.41, 5.74) is 0. The second-order valence-electron chi connectivity index (χ2n) is 3.18. The van der Waals surface area contributed by atoms with Crippen LogP contribution in [0.4, 0.5) is 0 Å². The number of hydrogen-bond donors (Lipinski definition) is 2. The average Bonchev–Trinajstić information content (AvgIpc) is 2.26. The molecule has 2 N–H and O–H groups in total. The van der Waals surface area contributed by atoms with Gasteiger partial charge in [0, 0.05) is 5.88 Å². The maximum atomic E-state index is 11.4. The van der Waals surface area contributed by atoms with E-state index in [0.29, 0.717) is 6.41 Å². The third-order valence-corrected chi connectivity index (χ3v) is 3.97. The monoisotopic (exact) mass is 282 g/mol. The van der Waals surface area contributed by atoms with E-state index in [1.807, 2.05) is 0 Å². The lowest BCUT2D eigenvalue weighted by Gasteiger charge is -2.16. The van der Waals surface area contributed by atoms with Gasteiger partial charge in [0.2, 0.25) is 12.3 Å². The summed E-state index contributed by atoms with van der Waals surface area (Å²) in [6, 6.07) is 0. The first-order valence-corrected chi connectivity index (χ1v) is 7.19. The molecule has 1 atom stereocenters. The van der Waals surface area contributed by atoms with E-state index in [2.05, 4.69) is 17.2 Å². The number of halogens is 1.